The Balaban J connectivity index is 2.32. The highest BCUT2D eigenvalue weighted by atomic mass is 79.9. The molecule has 1 heterocycles. The average molecular weight is 343 g/mol. The summed E-state index contributed by atoms with van der Waals surface area (Å²) in [7, 11) is 0. The summed E-state index contributed by atoms with van der Waals surface area (Å²) >= 11 is 8.42. The van der Waals surface area contributed by atoms with Gasteiger partial charge in [0.05, 0.1) is 9.50 Å². The van der Waals surface area contributed by atoms with Gasteiger partial charge in [-0.05, 0) is 54.2 Å². The summed E-state index contributed by atoms with van der Waals surface area (Å²) < 4.78 is 40.3. The van der Waals surface area contributed by atoms with Crippen molar-refractivity contribution in [2.24, 2.45) is 5.92 Å². The third kappa shape index (κ3) is 2.68. The largest absolute Gasteiger partial charge is 0.316 e. The van der Waals surface area contributed by atoms with Crippen LogP contribution in [0.1, 0.15) is 18.4 Å². The van der Waals surface area contributed by atoms with Gasteiger partial charge in [0, 0.05) is 5.56 Å². The first-order valence-corrected chi connectivity index (χ1v) is 6.90. The van der Waals surface area contributed by atoms with Crippen LogP contribution in [0.4, 0.5) is 13.2 Å². The lowest BCUT2D eigenvalue weighted by molar-refractivity contribution is 0.368. The minimum Gasteiger partial charge on any atom is -0.316 e. The van der Waals surface area contributed by atoms with Crippen LogP contribution >= 0.6 is 27.5 Å². The van der Waals surface area contributed by atoms with Crippen LogP contribution in [0, 0.1) is 23.4 Å². The van der Waals surface area contributed by atoms with E-state index in [0.717, 1.165) is 25.9 Å². The molecule has 1 atom stereocenters. The summed E-state index contributed by atoms with van der Waals surface area (Å²) in [5, 5.41) is 2.84. The number of rotatable bonds is 2. The fraction of sp³-hybridized carbons (Fsp3) is 0.500. The van der Waals surface area contributed by atoms with E-state index in [-0.39, 0.29) is 22.9 Å². The fourth-order valence-corrected chi connectivity index (χ4v) is 2.96. The Morgan fingerprint density at radius 2 is 1.94 bits per heavy atom. The van der Waals surface area contributed by atoms with Crippen molar-refractivity contribution in [1.82, 2.24) is 5.32 Å². The van der Waals surface area contributed by atoms with E-state index >= 15 is 0 Å². The molecule has 18 heavy (non-hydrogen) atoms. The molecule has 1 aromatic rings. The number of halogens is 5. The monoisotopic (exact) mass is 341 g/mol. The van der Waals surface area contributed by atoms with Crippen LogP contribution in [0.3, 0.4) is 0 Å². The highest BCUT2D eigenvalue weighted by Crippen LogP contribution is 2.34. The summed E-state index contributed by atoms with van der Waals surface area (Å²) in [5.74, 6) is -3.05. The van der Waals surface area contributed by atoms with Crippen LogP contribution in [0.25, 0.3) is 0 Å². The van der Waals surface area contributed by atoms with Gasteiger partial charge in [-0.2, -0.15) is 0 Å². The third-order valence-electron chi connectivity index (χ3n) is 3.19. The van der Waals surface area contributed by atoms with Gasteiger partial charge in [0.25, 0.3) is 0 Å². The van der Waals surface area contributed by atoms with E-state index in [9.17, 15) is 13.2 Å². The molecule has 2 rings (SSSR count). The van der Waals surface area contributed by atoms with E-state index in [2.05, 4.69) is 21.2 Å². The first-order valence-electron chi connectivity index (χ1n) is 5.73. The number of hydrogen-bond donors (Lipinski definition) is 1. The van der Waals surface area contributed by atoms with E-state index in [4.69, 9.17) is 11.6 Å². The zero-order valence-electron chi connectivity index (χ0n) is 9.50. The van der Waals surface area contributed by atoms with Crippen LogP contribution < -0.4 is 5.32 Å². The molecule has 1 unspecified atom stereocenters. The summed E-state index contributed by atoms with van der Waals surface area (Å²) in [4.78, 5) is 0. The molecular weight excluding hydrogens is 330 g/mol. The van der Waals surface area contributed by atoms with Gasteiger partial charge in [0.15, 0.2) is 17.5 Å². The Kier molecular flexibility index (Phi) is 4.56. The minimum absolute atomic E-state index is 0.0661. The van der Waals surface area contributed by atoms with E-state index < -0.39 is 21.9 Å². The number of hydrogen-bond acceptors (Lipinski definition) is 1. The predicted molar refractivity (Wildman–Crippen MR) is 68.3 cm³/mol. The van der Waals surface area contributed by atoms with E-state index in [1.807, 2.05) is 0 Å². The van der Waals surface area contributed by atoms with Gasteiger partial charge in [-0.15, -0.1) is 0 Å². The molecule has 1 N–H and O–H groups in total. The average Bonchev–Trinajstić information content (AvgIpc) is 2.40. The van der Waals surface area contributed by atoms with Crippen molar-refractivity contribution in [2.75, 3.05) is 13.1 Å². The Morgan fingerprint density at radius 1 is 1.22 bits per heavy atom. The van der Waals surface area contributed by atoms with Crippen molar-refractivity contribution in [3.05, 3.63) is 32.5 Å². The summed E-state index contributed by atoms with van der Waals surface area (Å²) in [6, 6.07) is 0. The molecule has 0 aromatic heterocycles. The zero-order valence-corrected chi connectivity index (χ0v) is 11.8. The van der Waals surface area contributed by atoms with E-state index in [1.54, 1.807) is 0 Å². The van der Waals surface area contributed by atoms with Gasteiger partial charge in [0.1, 0.15) is 0 Å². The van der Waals surface area contributed by atoms with Crippen LogP contribution in [-0.2, 0) is 6.42 Å². The molecule has 6 heteroatoms. The zero-order chi connectivity index (χ0) is 13.3. The standard InChI is InChI=1S/C12H12BrClF3N/c13-8-11(16)9(14)7(10(15)12(8)17)4-6-2-1-3-18-5-6/h6,18H,1-5H2. The fourth-order valence-electron chi connectivity index (χ4n) is 2.22. The highest BCUT2D eigenvalue weighted by Gasteiger charge is 2.25. The first kappa shape index (κ1) is 14.2. The summed E-state index contributed by atoms with van der Waals surface area (Å²) in [5.41, 5.74) is -0.0661. The maximum Gasteiger partial charge on any atom is 0.176 e. The Morgan fingerprint density at radius 3 is 2.56 bits per heavy atom. The first-order chi connectivity index (χ1) is 8.52. The Bertz CT molecular complexity index is 432. The number of piperidine rings is 1. The van der Waals surface area contributed by atoms with Crippen molar-refractivity contribution in [2.45, 2.75) is 19.3 Å². The lowest BCUT2D eigenvalue weighted by atomic mass is 9.92. The van der Waals surface area contributed by atoms with Gasteiger partial charge in [-0.1, -0.05) is 11.6 Å². The van der Waals surface area contributed by atoms with Gasteiger partial charge in [-0.3, -0.25) is 0 Å². The van der Waals surface area contributed by atoms with Crippen molar-refractivity contribution >= 4 is 27.5 Å². The topological polar surface area (TPSA) is 12.0 Å². The van der Waals surface area contributed by atoms with Crippen LogP contribution in [0.5, 0.6) is 0 Å². The van der Waals surface area contributed by atoms with Crippen molar-refractivity contribution in [3.63, 3.8) is 0 Å². The quantitative estimate of drug-likeness (QED) is 0.631. The number of benzene rings is 1. The molecular formula is C12H12BrClF3N. The lowest BCUT2D eigenvalue weighted by Crippen LogP contribution is -2.31. The van der Waals surface area contributed by atoms with Gasteiger partial charge < -0.3 is 5.32 Å². The maximum atomic E-state index is 13.8. The molecule has 100 valence electrons. The summed E-state index contributed by atoms with van der Waals surface area (Å²) in [6.45, 7) is 1.64. The number of nitrogens with one attached hydrogen (secondary N) is 1. The second-order valence-electron chi connectivity index (χ2n) is 4.46. The van der Waals surface area contributed by atoms with Crippen molar-refractivity contribution in [1.29, 1.82) is 0 Å². The predicted octanol–water partition coefficient (Wildman–Crippen LogP) is 4.06. The molecule has 0 amide bonds. The highest BCUT2D eigenvalue weighted by molar-refractivity contribution is 9.10. The van der Waals surface area contributed by atoms with Gasteiger partial charge in [-0.25, -0.2) is 13.2 Å². The van der Waals surface area contributed by atoms with Crippen molar-refractivity contribution in [3.8, 4) is 0 Å². The van der Waals surface area contributed by atoms with E-state index in [1.165, 1.54) is 0 Å². The minimum atomic E-state index is -1.21. The van der Waals surface area contributed by atoms with E-state index in [0.29, 0.717) is 0 Å². The molecule has 0 saturated carbocycles. The molecule has 1 saturated heterocycles. The molecule has 1 aromatic carbocycles. The lowest BCUT2D eigenvalue weighted by Gasteiger charge is -2.23. The normalized spacial score (nSPS) is 20.2. The van der Waals surface area contributed by atoms with Gasteiger partial charge >= 0.3 is 0 Å². The molecule has 1 fully saturated rings. The van der Waals surface area contributed by atoms with Crippen LogP contribution in [-0.4, -0.2) is 13.1 Å². The molecule has 0 radical (unpaired) electrons. The molecule has 1 aliphatic rings. The molecule has 1 nitrogen and oxygen atoms in total. The maximum absolute atomic E-state index is 13.8. The SMILES string of the molecule is Fc1c(F)c(CC2CCCNC2)c(Cl)c(F)c1Br. The molecule has 0 spiro atoms. The second-order valence-corrected chi connectivity index (χ2v) is 5.64. The third-order valence-corrected chi connectivity index (χ3v) is 4.28. The summed E-state index contributed by atoms with van der Waals surface area (Å²) in [6.07, 6.45) is 2.13. The van der Waals surface area contributed by atoms with Crippen molar-refractivity contribution < 1.29 is 13.2 Å². The molecule has 1 aliphatic heterocycles. The Labute approximate surface area is 117 Å². The molecule has 0 bridgehead atoms. The smallest absolute Gasteiger partial charge is 0.176 e. The van der Waals surface area contributed by atoms with Crippen LogP contribution in [0.2, 0.25) is 5.02 Å². The van der Waals surface area contributed by atoms with Gasteiger partial charge in [0.2, 0.25) is 0 Å². The molecule has 0 aliphatic carbocycles. The van der Waals surface area contributed by atoms with Crippen LogP contribution in [0.15, 0.2) is 4.47 Å². The Hall–Kier alpha value is -0.260. The second kappa shape index (κ2) is 5.80.